The van der Waals surface area contributed by atoms with E-state index in [0.717, 1.165) is 28.8 Å². The number of pyridine rings is 1. The minimum Gasteiger partial charge on any atom is -0.478 e. The number of imidazole rings is 1. The summed E-state index contributed by atoms with van der Waals surface area (Å²) in [4.78, 5) is 12.5. The highest BCUT2D eigenvalue weighted by molar-refractivity contribution is 5.71. The third-order valence-corrected chi connectivity index (χ3v) is 4.26. The Kier molecular flexibility index (Phi) is 2.13. The number of hydrogen-bond donors (Lipinski definition) is 1. The summed E-state index contributed by atoms with van der Waals surface area (Å²) < 4.78 is 5.41. The van der Waals surface area contributed by atoms with Crippen molar-refractivity contribution in [1.29, 1.82) is 0 Å². The van der Waals surface area contributed by atoms with Crippen LogP contribution < -0.4 is 4.74 Å². The molecule has 2 fully saturated rings. The van der Waals surface area contributed by atoms with E-state index in [4.69, 9.17) is 4.74 Å². The van der Waals surface area contributed by atoms with Crippen molar-refractivity contribution in [1.82, 2.24) is 15.0 Å². The fourth-order valence-electron chi connectivity index (χ4n) is 3.25. The molecule has 0 aliphatic heterocycles. The van der Waals surface area contributed by atoms with Crippen LogP contribution in [-0.4, -0.2) is 21.6 Å². The van der Waals surface area contributed by atoms with Crippen LogP contribution in [0.25, 0.3) is 11.2 Å². The third kappa shape index (κ3) is 1.59. The molecule has 2 aromatic heterocycles. The van der Waals surface area contributed by atoms with E-state index in [1.165, 1.54) is 19.3 Å². The largest absolute Gasteiger partial charge is 0.478 e. The number of aromatic nitrogens is 3. The second-order valence-electron chi connectivity index (χ2n) is 5.50. The fraction of sp³-hybridized carbons (Fsp3) is 0.571. The van der Waals surface area contributed by atoms with Gasteiger partial charge in [0.25, 0.3) is 0 Å². The second kappa shape index (κ2) is 3.70. The Hall–Kier alpha value is -1.58. The van der Waals surface area contributed by atoms with Crippen LogP contribution in [0.4, 0.5) is 0 Å². The zero-order valence-electron chi connectivity index (χ0n) is 10.5. The highest BCUT2D eigenvalue weighted by Gasteiger charge is 2.47. The van der Waals surface area contributed by atoms with Gasteiger partial charge in [0.2, 0.25) is 5.88 Å². The lowest BCUT2D eigenvalue weighted by molar-refractivity contribution is 0.328. The Morgan fingerprint density at radius 3 is 2.83 bits per heavy atom. The Morgan fingerprint density at radius 1 is 1.22 bits per heavy atom. The molecule has 2 aliphatic carbocycles. The van der Waals surface area contributed by atoms with Gasteiger partial charge in [0, 0.05) is 12.0 Å². The molecule has 2 atom stereocenters. The molecule has 0 bridgehead atoms. The third-order valence-electron chi connectivity index (χ3n) is 4.26. The van der Waals surface area contributed by atoms with Crippen LogP contribution in [0, 0.1) is 11.8 Å². The molecular formula is C14H17N3O. The molecule has 2 saturated carbocycles. The summed E-state index contributed by atoms with van der Waals surface area (Å²) in [6.45, 7) is 2.61. The molecule has 0 radical (unpaired) electrons. The highest BCUT2D eigenvalue weighted by Crippen LogP contribution is 2.57. The Morgan fingerprint density at radius 2 is 2.06 bits per heavy atom. The number of fused-ring (bicyclic) bond motifs is 2. The number of nitrogens with one attached hydrogen (secondary N) is 1. The van der Waals surface area contributed by atoms with Crippen molar-refractivity contribution in [2.75, 3.05) is 6.61 Å². The summed E-state index contributed by atoms with van der Waals surface area (Å²) >= 11 is 0. The van der Waals surface area contributed by atoms with E-state index >= 15 is 0 Å². The number of ether oxygens (including phenoxy) is 1. The molecule has 2 unspecified atom stereocenters. The lowest BCUT2D eigenvalue weighted by Crippen LogP contribution is -1.97. The molecule has 4 heteroatoms. The van der Waals surface area contributed by atoms with Gasteiger partial charge in [-0.2, -0.15) is 4.98 Å². The highest BCUT2D eigenvalue weighted by atomic mass is 16.5. The van der Waals surface area contributed by atoms with Crippen LogP contribution in [0.5, 0.6) is 5.88 Å². The zero-order chi connectivity index (χ0) is 12.1. The van der Waals surface area contributed by atoms with Crippen molar-refractivity contribution in [3.63, 3.8) is 0 Å². The predicted octanol–water partition coefficient (Wildman–Crippen LogP) is 2.87. The number of aromatic amines is 1. The van der Waals surface area contributed by atoms with Crippen molar-refractivity contribution in [2.24, 2.45) is 11.8 Å². The van der Waals surface area contributed by atoms with Crippen molar-refractivity contribution >= 4 is 11.2 Å². The maximum atomic E-state index is 5.41. The normalized spacial score (nSPS) is 29.5. The quantitative estimate of drug-likeness (QED) is 0.901. The molecule has 4 rings (SSSR count). The van der Waals surface area contributed by atoms with Gasteiger partial charge in [-0.1, -0.05) is 0 Å². The van der Waals surface area contributed by atoms with Gasteiger partial charge in [0.05, 0.1) is 12.1 Å². The Labute approximate surface area is 106 Å². The lowest BCUT2D eigenvalue weighted by Gasteiger charge is -2.06. The van der Waals surface area contributed by atoms with Crippen molar-refractivity contribution in [3.8, 4) is 5.88 Å². The molecule has 0 saturated heterocycles. The first-order valence-corrected chi connectivity index (χ1v) is 6.83. The van der Waals surface area contributed by atoms with Crippen LogP contribution in [0.15, 0.2) is 12.1 Å². The summed E-state index contributed by atoms with van der Waals surface area (Å²) in [5.74, 6) is 4.37. The van der Waals surface area contributed by atoms with E-state index < -0.39 is 0 Å². The first kappa shape index (κ1) is 10.4. The van der Waals surface area contributed by atoms with Crippen molar-refractivity contribution < 1.29 is 4.74 Å². The topological polar surface area (TPSA) is 50.8 Å². The predicted molar refractivity (Wildman–Crippen MR) is 68.6 cm³/mol. The van der Waals surface area contributed by atoms with Crippen LogP contribution >= 0.6 is 0 Å². The van der Waals surface area contributed by atoms with E-state index in [9.17, 15) is 0 Å². The van der Waals surface area contributed by atoms with E-state index in [1.807, 2.05) is 19.1 Å². The van der Waals surface area contributed by atoms with Gasteiger partial charge in [-0.3, -0.25) is 0 Å². The smallest absolute Gasteiger partial charge is 0.215 e. The number of hydrogen-bond acceptors (Lipinski definition) is 3. The summed E-state index contributed by atoms with van der Waals surface area (Å²) in [5, 5.41) is 0. The van der Waals surface area contributed by atoms with Gasteiger partial charge >= 0.3 is 0 Å². The second-order valence-corrected chi connectivity index (χ2v) is 5.50. The summed E-state index contributed by atoms with van der Waals surface area (Å²) in [7, 11) is 0. The first-order valence-electron chi connectivity index (χ1n) is 6.83. The molecule has 4 nitrogen and oxygen atoms in total. The maximum Gasteiger partial charge on any atom is 0.215 e. The molecule has 0 spiro atoms. The number of H-pyrrole nitrogens is 1. The van der Waals surface area contributed by atoms with E-state index in [-0.39, 0.29) is 0 Å². The van der Waals surface area contributed by atoms with Gasteiger partial charge in [0.1, 0.15) is 5.82 Å². The van der Waals surface area contributed by atoms with Gasteiger partial charge < -0.3 is 9.72 Å². The molecule has 0 amide bonds. The van der Waals surface area contributed by atoms with Crippen LogP contribution in [0.2, 0.25) is 0 Å². The first-order chi connectivity index (χ1) is 8.83. The number of rotatable bonds is 3. The van der Waals surface area contributed by atoms with Gasteiger partial charge in [-0.05, 0) is 44.1 Å². The molecule has 1 N–H and O–H groups in total. The monoisotopic (exact) mass is 243 g/mol. The van der Waals surface area contributed by atoms with E-state index in [2.05, 4.69) is 15.0 Å². The van der Waals surface area contributed by atoms with E-state index in [0.29, 0.717) is 18.4 Å². The lowest BCUT2D eigenvalue weighted by atomic mass is 10.0. The fourth-order valence-corrected chi connectivity index (χ4v) is 3.25. The molecule has 0 aromatic carbocycles. The molecular weight excluding hydrogens is 226 g/mol. The molecule has 18 heavy (non-hydrogen) atoms. The molecule has 2 aliphatic rings. The van der Waals surface area contributed by atoms with Crippen LogP contribution in [0.1, 0.15) is 37.9 Å². The Balaban J connectivity index is 1.66. The van der Waals surface area contributed by atoms with E-state index in [1.54, 1.807) is 0 Å². The van der Waals surface area contributed by atoms with Gasteiger partial charge in [-0.15, -0.1) is 0 Å². The van der Waals surface area contributed by atoms with Gasteiger partial charge in [-0.25, -0.2) is 4.98 Å². The summed E-state index contributed by atoms with van der Waals surface area (Å²) in [6.07, 6.45) is 4.06. The number of nitrogens with zero attached hydrogens (tertiary/aromatic N) is 2. The average molecular weight is 243 g/mol. The summed E-state index contributed by atoms with van der Waals surface area (Å²) in [5.41, 5.74) is 1.81. The SMILES string of the molecule is CCOc1ccc2[nH]c(C3CC4CC4C3)nc2n1. The minimum absolute atomic E-state index is 0.624. The van der Waals surface area contributed by atoms with Gasteiger partial charge in [0.15, 0.2) is 5.65 Å². The standard InChI is InChI=1S/C14H17N3O/c1-2-18-12-4-3-11-14(16-12)17-13(15-11)10-6-8-5-9(8)7-10/h3-4,8-10H,2,5-7H2,1H3,(H,15,16,17). The molecule has 2 heterocycles. The molecule has 94 valence electrons. The minimum atomic E-state index is 0.624. The zero-order valence-corrected chi connectivity index (χ0v) is 10.5. The van der Waals surface area contributed by atoms with Crippen molar-refractivity contribution in [3.05, 3.63) is 18.0 Å². The van der Waals surface area contributed by atoms with Crippen molar-refractivity contribution in [2.45, 2.75) is 32.1 Å². The van der Waals surface area contributed by atoms with Crippen LogP contribution in [-0.2, 0) is 0 Å². The maximum absolute atomic E-state index is 5.41. The average Bonchev–Trinajstić information content (AvgIpc) is 2.83. The van der Waals surface area contributed by atoms with Crippen LogP contribution in [0.3, 0.4) is 0 Å². The molecule has 2 aromatic rings. The Bertz CT molecular complexity index is 582. The summed E-state index contributed by atoms with van der Waals surface area (Å²) in [6, 6.07) is 3.92.